The van der Waals surface area contributed by atoms with E-state index >= 15 is 0 Å². The van der Waals surface area contributed by atoms with Crippen LogP contribution in [0.4, 0.5) is 0 Å². The molecule has 0 aliphatic heterocycles. The van der Waals surface area contributed by atoms with Crippen LogP contribution in [0, 0.1) is 3.57 Å². The molecule has 0 amide bonds. The molecule has 1 aliphatic carbocycles. The number of hydrogen-bond acceptors (Lipinski definition) is 0. The van der Waals surface area contributed by atoms with E-state index in [1.54, 1.807) is 0 Å². The Hall–Kier alpha value is -0.540. The van der Waals surface area contributed by atoms with Crippen LogP contribution >= 0.6 is 34.2 Å². The summed E-state index contributed by atoms with van der Waals surface area (Å²) in [6.07, 6.45) is 0. The summed E-state index contributed by atoms with van der Waals surface area (Å²) in [6.45, 7) is 0. The van der Waals surface area contributed by atoms with Crippen LogP contribution in [-0.2, 0) is 0 Å². The van der Waals surface area contributed by atoms with Crippen LogP contribution in [0.1, 0.15) is 0 Å². The highest BCUT2D eigenvalue weighted by atomic mass is 127. The van der Waals surface area contributed by atoms with Gasteiger partial charge in [0, 0.05) is 9.13 Å². The maximum Gasteiger partial charge on any atom is 0.0546 e. The number of benzene rings is 2. The van der Waals surface area contributed by atoms with Gasteiger partial charge in [-0.3, -0.25) is 0 Å². The third kappa shape index (κ3) is 0.997. The molecule has 14 heavy (non-hydrogen) atoms. The highest BCUT2D eigenvalue weighted by Crippen LogP contribution is 2.50. The highest BCUT2D eigenvalue weighted by Gasteiger charge is 2.24. The molecule has 0 heterocycles. The SMILES string of the molecule is Clc1ccc2c(c1I)-c1ccccc1-2. The molecule has 0 bridgehead atoms. The zero-order valence-electron chi connectivity index (χ0n) is 7.22. The zero-order valence-corrected chi connectivity index (χ0v) is 10.1. The molecule has 1 aliphatic rings. The van der Waals surface area contributed by atoms with Crippen molar-refractivity contribution in [1.82, 2.24) is 0 Å². The van der Waals surface area contributed by atoms with Crippen molar-refractivity contribution < 1.29 is 0 Å². The minimum Gasteiger partial charge on any atom is -0.0832 e. The fourth-order valence-electron chi connectivity index (χ4n) is 1.91. The van der Waals surface area contributed by atoms with Crippen molar-refractivity contribution in [3.63, 3.8) is 0 Å². The molecule has 0 spiro atoms. The van der Waals surface area contributed by atoms with Crippen molar-refractivity contribution in [3.8, 4) is 22.3 Å². The minimum absolute atomic E-state index is 0.846. The Balaban J connectivity index is 2.34. The van der Waals surface area contributed by atoms with Gasteiger partial charge >= 0.3 is 0 Å². The predicted octanol–water partition coefficient (Wildman–Crippen LogP) is 4.59. The molecule has 0 nitrogen and oxygen atoms in total. The number of rotatable bonds is 0. The molecule has 0 saturated heterocycles. The number of halogens is 2. The summed E-state index contributed by atoms with van der Waals surface area (Å²) in [5.74, 6) is 0. The fourth-order valence-corrected chi connectivity index (χ4v) is 2.83. The molecular formula is C12H6ClI. The van der Waals surface area contributed by atoms with Crippen molar-refractivity contribution in [2.24, 2.45) is 0 Å². The van der Waals surface area contributed by atoms with E-state index in [4.69, 9.17) is 11.6 Å². The molecular weight excluding hydrogens is 306 g/mol. The Bertz CT molecular complexity index is 532. The van der Waals surface area contributed by atoms with Gasteiger partial charge in [-0.15, -0.1) is 0 Å². The quantitative estimate of drug-likeness (QED) is 0.533. The Morgan fingerprint density at radius 1 is 0.857 bits per heavy atom. The van der Waals surface area contributed by atoms with Gasteiger partial charge in [-0.1, -0.05) is 41.9 Å². The molecule has 2 heteroatoms. The van der Waals surface area contributed by atoms with E-state index in [1.165, 1.54) is 25.8 Å². The van der Waals surface area contributed by atoms with Gasteiger partial charge in [0.05, 0.1) is 5.02 Å². The standard InChI is InChI=1S/C12H6ClI/c13-10-6-5-9-7-3-1-2-4-8(7)11(9)12(10)14/h1-6H. The van der Waals surface area contributed by atoms with E-state index in [1.807, 2.05) is 6.07 Å². The Labute approximate surface area is 101 Å². The summed E-state index contributed by atoms with van der Waals surface area (Å²) in [4.78, 5) is 0. The first-order valence-electron chi connectivity index (χ1n) is 4.37. The zero-order chi connectivity index (χ0) is 9.71. The van der Waals surface area contributed by atoms with E-state index < -0.39 is 0 Å². The van der Waals surface area contributed by atoms with Crippen LogP contribution in [0.5, 0.6) is 0 Å². The maximum absolute atomic E-state index is 6.08. The Kier molecular flexibility index (Phi) is 1.86. The van der Waals surface area contributed by atoms with Crippen LogP contribution in [0.2, 0.25) is 5.02 Å². The Morgan fingerprint density at radius 2 is 1.57 bits per heavy atom. The Morgan fingerprint density at radius 3 is 2.36 bits per heavy atom. The maximum atomic E-state index is 6.08. The lowest BCUT2D eigenvalue weighted by atomic mass is 9.81. The number of fused-ring (bicyclic) bond motifs is 4. The van der Waals surface area contributed by atoms with Crippen LogP contribution in [0.3, 0.4) is 0 Å². The van der Waals surface area contributed by atoms with E-state index in [-0.39, 0.29) is 0 Å². The molecule has 2 aromatic rings. The first-order chi connectivity index (χ1) is 6.79. The van der Waals surface area contributed by atoms with Gasteiger partial charge in [0.15, 0.2) is 0 Å². The second-order valence-electron chi connectivity index (χ2n) is 3.33. The second kappa shape index (κ2) is 2.97. The first-order valence-corrected chi connectivity index (χ1v) is 5.82. The van der Waals surface area contributed by atoms with Crippen molar-refractivity contribution in [2.75, 3.05) is 0 Å². The summed E-state index contributed by atoms with van der Waals surface area (Å²) in [6, 6.07) is 12.5. The average molecular weight is 313 g/mol. The van der Waals surface area contributed by atoms with E-state index in [2.05, 4.69) is 52.9 Å². The van der Waals surface area contributed by atoms with Crippen molar-refractivity contribution >= 4 is 34.2 Å². The highest BCUT2D eigenvalue weighted by molar-refractivity contribution is 14.1. The third-order valence-electron chi connectivity index (χ3n) is 2.58. The lowest BCUT2D eigenvalue weighted by Crippen LogP contribution is -2.00. The van der Waals surface area contributed by atoms with Crippen LogP contribution < -0.4 is 0 Å². The van der Waals surface area contributed by atoms with Crippen LogP contribution in [0.15, 0.2) is 36.4 Å². The molecule has 0 N–H and O–H groups in total. The van der Waals surface area contributed by atoms with E-state index in [0.29, 0.717) is 0 Å². The molecule has 0 unspecified atom stereocenters. The molecule has 0 fully saturated rings. The number of hydrogen-bond donors (Lipinski definition) is 0. The summed E-state index contributed by atoms with van der Waals surface area (Å²) < 4.78 is 1.17. The first kappa shape index (κ1) is 8.74. The molecule has 0 atom stereocenters. The van der Waals surface area contributed by atoms with Crippen molar-refractivity contribution in [1.29, 1.82) is 0 Å². The smallest absolute Gasteiger partial charge is 0.0546 e. The van der Waals surface area contributed by atoms with Crippen molar-refractivity contribution in [3.05, 3.63) is 45.0 Å². The van der Waals surface area contributed by atoms with Gasteiger partial charge in [-0.2, -0.15) is 0 Å². The van der Waals surface area contributed by atoms with Crippen LogP contribution in [-0.4, -0.2) is 0 Å². The fraction of sp³-hybridized carbons (Fsp3) is 0. The van der Waals surface area contributed by atoms with E-state index in [0.717, 1.165) is 5.02 Å². The summed E-state index contributed by atoms with van der Waals surface area (Å²) in [5.41, 5.74) is 5.31. The van der Waals surface area contributed by atoms with Crippen molar-refractivity contribution in [2.45, 2.75) is 0 Å². The van der Waals surface area contributed by atoms with Gasteiger partial charge in [0.2, 0.25) is 0 Å². The predicted molar refractivity (Wildman–Crippen MR) is 68.6 cm³/mol. The van der Waals surface area contributed by atoms with Crippen LogP contribution in [0.25, 0.3) is 22.3 Å². The molecule has 0 saturated carbocycles. The summed E-state index contributed by atoms with van der Waals surface area (Å²) >= 11 is 8.39. The van der Waals surface area contributed by atoms with Gasteiger partial charge in [0.25, 0.3) is 0 Å². The third-order valence-corrected chi connectivity index (χ3v) is 4.34. The van der Waals surface area contributed by atoms with E-state index in [9.17, 15) is 0 Å². The minimum atomic E-state index is 0.846. The lowest BCUT2D eigenvalue weighted by molar-refractivity contribution is 1.49. The molecule has 0 radical (unpaired) electrons. The van der Waals surface area contributed by atoms with Gasteiger partial charge in [0.1, 0.15) is 0 Å². The molecule has 3 rings (SSSR count). The monoisotopic (exact) mass is 312 g/mol. The summed E-state index contributed by atoms with van der Waals surface area (Å²) in [7, 11) is 0. The van der Waals surface area contributed by atoms with Gasteiger partial charge in [-0.05, 0) is 45.3 Å². The largest absolute Gasteiger partial charge is 0.0832 e. The summed E-state index contributed by atoms with van der Waals surface area (Å²) in [5, 5.41) is 0.846. The molecule has 2 aromatic carbocycles. The topological polar surface area (TPSA) is 0 Å². The normalized spacial score (nSPS) is 11.6. The lowest BCUT2D eigenvalue weighted by Gasteiger charge is -2.25. The molecule has 0 aromatic heterocycles. The molecule has 68 valence electrons. The van der Waals surface area contributed by atoms with Gasteiger partial charge in [-0.25, -0.2) is 0 Å². The average Bonchev–Trinajstić information content (AvgIpc) is 2.18. The second-order valence-corrected chi connectivity index (χ2v) is 4.82. The van der Waals surface area contributed by atoms with Gasteiger partial charge < -0.3 is 0 Å².